The van der Waals surface area contributed by atoms with Gasteiger partial charge < -0.3 is 24.4 Å². The summed E-state index contributed by atoms with van der Waals surface area (Å²) in [5.41, 5.74) is -0.418. The summed E-state index contributed by atoms with van der Waals surface area (Å²) < 4.78 is 5.97. The molecule has 0 bridgehead atoms. The van der Waals surface area contributed by atoms with Gasteiger partial charge in [-0.25, -0.2) is 4.79 Å². The minimum Gasteiger partial charge on any atom is -0.502 e. The smallest absolute Gasteiger partial charge is 0.339 e. The third-order valence-corrected chi connectivity index (χ3v) is 4.08. The molecule has 3 rings (SSSR count). The van der Waals surface area contributed by atoms with Gasteiger partial charge in [0.2, 0.25) is 24.0 Å². The number of benzene rings is 2. The molecule has 0 saturated carbocycles. The summed E-state index contributed by atoms with van der Waals surface area (Å²) in [7, 11) is 6.75. The van der Waals surface area contributed by atoms with Gasteiger partial charge in [0.15, 0.2) is 11.3 Å². The summed E-state index contributed by atoms with van der Waals surface area (Å²) >= 11 is 3.15. The number of aromatic hydroxyl groups is 1. The minimum atomic E-state index is -1.22. The van der Waals surface area contributed by atoms with E-state index in [-0.39, 0.29) is 22.3 Å². The van der Waals surface area contributed by atoms with E-state index in [0.29, 0.717) is 10.0 Å². The fourth-order valence-electron chi connectivity index (χ4n) is 2.20. The van der Waals surface area contributed by atoms with Crippen LogP contribution in [-0.2, 0) is 9.59 Å². The molecule has 0 fully saturated rings. The summed E-state index contributed by atoms with van der Waals surface area (Å²) in [6.45, 7) is 0. The zero-order valence-electron chi connectivity index (χ0n) is 17.9. The Kier molecular flexibility index (Phi) is 10.1. The Morgan fingerprint density at radius 3 is 1.94 bits per heavy atom. The van der Waals surface area contributed by atoms with Crippen molar-refractivity contribution < 1.29 is 29.0 Å². The fourth-order valence-corrected chi connectivity index (χ4v) is 2.66. The lowest BCUT2D eigenvalue weighted by molar-refractivity contribution is -0.116. The third kappa shape index (κ3) is 7.24. The maximum Gasteiger partial charge on any atom is 0.339 e. The van der Waals surface area contributed by atoms with Crippen molar-refractivity contribution in [1.29, 1.82) is 0 Å². The molecule has 1 heterocycles. The topological polar surface area (TPSA) is 128 Å². The Labute approximate surface area is 192 Å². The van der Waals surface area contributed by atoms with Gasteiger partial charge in [-0.3, -0.25) is 14.4 Å². The van der Waals surface area contributed by atoms with Gasteiger partial charge in [-0.05, 0) is 12.1 Å². The van der Waals surface area contributed by atoms with Gasteiger partial charge in [0.05, 0.1) is 5.39 Å². The lowest BCUT2D eigenvalue weighted by Crippen LogP contribution is -2.06. The average molecular weight is 507 g/mol. The minimum absolute atomic E-state index is 0.00366. The van der Waals surface area contributed by atoms with Crippen LogP contribution in [0, 0.1) is 0 Å². The second-order valence-corrected chi connectivity index (χ2v) is 7.66. The number of carboxylic acids is 1. The van der Waals surface area contributed by atoms with Crippen LogP contribution in [0.1, 0.15) is 10.4 Å². The highest BCUT2D eigenvalue weighted by Crippen LogP contribution is 2.32. The van der Waals surface area contributed by atoms with E-state index in [0.717, 1.165) is 12.8 Å². The molecule has 1 aromatic heterocycles. The first-order valence-corrected chi connectivity index (χ1v) is 9.84. The molecule has 9 nitrogen and oxygen atoms in total. The van der Waals surface area contributed by atoms with Gasteiger partial charge in [0.25, 0.3) is 0 Å². The highest BCUT2D eigenvalue weighted by molar-refractivity contribution is 9.10. The Morgan fingerprint density at radius 1 is 1.00 bits per heavy atom. The standard InChI is InChI=1S/C16H9BrO5.2C3H7NO/c17-9-6-10-12(18)13(19)14(8-4-2-1-3-5-8)22-15(10)11(7-9)16(20)21;2*1-4(2)3-5/h1-7,19H,(H,20,21);2*3H,1-2H3. The van der Waals surface area contributed by atoms with Crippen LogP contribution in [0.4, 0.5) is 0 Å². The summed E-state index contributed by atoms with van der Waals surface area (Å²) in [5, 5.41) is 19.4. The van der Waals surface area contributed by atoms with Crippen LogP contribution in [0.2, 0.25) is 0 Å². The molecule has 3 aromatic rings. The average Bonchev–Trinajstić information content (AvgIpc) is 2.77. The maximum atomic E-state index is 12.3. The summed E-state index contributed by atoms with van der Waals surface area (Å²) in [6.07, 6.45) is 1.50. The van der Waals surface area contributed by atoms with E-state index in [1.807, 2.05) is 0 Å². The zero-order chi connectivity index (χ0) is 24.4. The van der Waals surface area contributed by atoms with Crippen molar-refractivity contribution >= 4 is 45.7 Å². The number of amides is 2. The predicted octanol–water partition coefficient (Wildman–Crippen LogP) is 3.04. The van der Waals surface area contributed by atoms with Crippen molar-refractivity contribution in [2.75, 3.05) is 28.2 Å². The van der Waals surface area contributed by atoms with Crippen LogP contribution in [0.15, 0.2) is 56.1 Å². The zero-order valence-corrected chi connectivity index (χ0v) is 19.5. The van der Waals surface area contributed by atoms with Crippen LogP contribution in [0.25, 0.3) is 22.3 Å². The maximum absolute atomic E-state index is 12.3. The molecule has 2 aromatic carbocycles. The number of hydrogen-bond acceptors (Lipinski definition) is 6. The van der Waals surface area contributed by atoms with Crippen LogP contribution in [0.5, 0.6) is 5.75 Å². The van der Waals surface area contributed by atoms with Gasteiger partial charge in [0.1, 0.15) is 5.56 Å². The molecule has 0 saturated heterocycles. The molecule has 0 radical (unpaired) electrons. The van der Waals surface area contributed by atoms with Crippen molar-refractivity contribution in [3.63, 3.8) is 0 Å². The second-order valence-electron chi connectivity index (χ2n) is 6.75. The fraction of sp³-hybridized carbons (Fsp3) is 0.182. The lowest BCUT2D eigenvalue weighted by Gasteiger charge is -2.08. The number of carbonyl (C=O) groups excluding carboxylic acids is 2. The molecule has 0 aliphatic carbocycles. The number of aromatic carboxylic acids is 1. The molecule has 0 unspecified atom stereocenters. The number of halogens is 1. The Bertz CT molecular complexity index is 1130. The van der Waals surface area contributed by atoms with E-state index in [4.69, 9.17) is 4.42 Å². The molecule has 32 heavy (non-hydrogen) atoms. The van der Waals surface area contributed by atoms with E-state index >= 15 is 0 Å². The van der Waals surface area contributed by atoms with Crippen molar-refractivity contribution in [3.05, 3.63) is 62.7 Å². The Balaban J connectivity index is 0.000000431. The van der Waals surface area contributed by atoms with Crippen molar-refractivity contribution in [3.8, 4) is 17.1 Å². The lowest BCUT2D eigenvalue weighted by atomic mass is 10.1. The number of fused-ring (bicyclic) bond motifs is 1. The Morgan fingerprint density at radius 2 is 1.50 bits per heavy atom. The van der Waals surface area contributed by atoms with Gasteiger partial charge in [-0.2, -0.15) is 0 Å². The number of rotatable bonds is 4. The molecule has 10 heteroatoms. The normalized spacial score (nSPS) is 9.53. The van der Waals surface area contributed by atoms with Gasteiger partial charge >= 0.3 is 5.97 Å². The van der Waals surface area contributed by atoms with Gasteiger partial charge in [-0.1, -0.05) is 46.3 Å². The Hall–Kier alpha value is -3.66. The number of carbonyl (C=O) groups is 3. The van der Waals surface area contributed by atoms with Gasteiger partial charge in [0, 0.05) is 38.2 Å². The van der Waals surface area contributed by atoms with Crippen molar-refractivity contribution in [2.24, 2.45) is 0 Å². The van der Waals surface area contributed by atoms with E-state index in [9.17, 15) is 29.4 Å². The van der Waals surface area contributed by atoms with Gasteiger partial charge in [-0.15, -0.1) is 0 Å². The highest BCUT2D eigenvalue weighted by Gasteiger charge is 2.20. The van der Waals surface area contributed by atoms with Crippen molar-refractivity contribution in [1.82, 2.24) is 9.80 Å². The molecule has 2 amide bonds. The molecular formula is C22H23BrN2O7. The molecule has 0 aliphatic rings. The van der Waals surface area contributed by atoms with E-state index < -0.39 is 17.1 Å². The summed E-state index contributed by atoms with van der Waals surface area (Å²) in [5.74, 6) is -1.82. The first-order valence-electron chi connectivity index (χ1n) is 9.04. The number of hydrogen-bond donors (Lipinski definition) is 2. The molecule has 170 valence electrons. The van der Waals surface area contributed by atoms with Crippen molar-refractivity contribution in [2.45, 2.75) is 0 Å². The monoisotopic (exact) mass is 506 g/mol. The molecular weight excluding hydrogens is 484 g/mol. The first kappa shape index (κ1) is 26.4. The largest absolute Gasteiger partial charge is 0.502 e. The van der Waals surface area contributed by atoms with Crippen LogP contribution < -0.4 is 5.43 Å². The highest BCUT2D eigenvalue weighted by atomic mass is 79.9. The van der Waals surface area contributed by atoms with E-state index in [2.05, 4.69) is 15.9 Å². The SMILES string of the molecule is CN(C)C=O.CN(C)C=O.O=C(O)c1cc(Br)cc2c(=O)c(O)c(-c3ccccc3)oc12. The molecule has 2 N–H and O–H groups in total. The van der Waals surface area contributed by atoms with E-state index in [1.54, 1.807) is 58.5 Å². The first-order chi connectivity index (χ1) is 15.0. The number of carboxylic acid groups (broad SMARTS) is 1. The second kappa shape index (κ2) is 12.3. The number of nitrogens with zero attached hydrogens (tertiary/aromatic N) is 2. The van der Waals surface area contributed by atoms with Crippen LogP contribution >= 0.6 is 15.9 Å². The van der Waals surface area contributed by atoms with E-state index in [1.165, 1.54) is 21.9 Å². The molecule has 0 aliphatic heterocycles. The predicted molar refractivity (Wildman–Crippen MR) is 124 cm³/mol. The third-order valence-electron chi connectivity index (χ3n) is 3.62. The van der Waals surface area contributed by atoms with Crippen LogP contribution in [0.3, 0.4) is 0 Å². The molecule has 0 spiro atoms. The molecule has 0 atom stereocenters. The summed E-state index contributed by atoms with van der Waals surface area (Å²) in [6, 6.07) is 11.3. The van der Waals surface area contributed by atoms with Crippen LogP contribution in [-0.4, -0.2) is 67.0 Å². The summed E-state index contributed by atoms with van der Waals surface area (Å²) in [4.78, 5) is 45.4. The quantitative estimate of drug-likeness (QED) is 0.520.